The van der Waals surface area contributed by atoms with Crippen LogP contribution in [-0.4, -0.2) is 22.1 Å². The van der Waals surface area contributed by atoms with E-state index >= 15 is 0 Å². The van der Waals surface area contributed by atoms with Crippen molar-refractivity contribution in [1.82, 2.24) is 4.98 Å². The Balaban J connectivity index is 2.50. The Morgan fingerprint density at radius 1 is 1.50 bits per heavy atom. The van der Waals surface area contributed by atoms with E-state index in [1.54, 1.807) is 0 Å². The molecule has 1 heterocycles. The van der Waals surface area contributed by atoms with Crippen LogP contribution in [0.1, 0.15) is 24.1 Å². The lowest BCUT2D eigenvalue weighted by Gasteiger charge is -2.22. The molecule has 18 heavy (non-hydrogen) atoms. The molecule has 1 aromatic heterocycles. The molecule has 0 saturated heterocycles. The molecule has 0 spiro atoms. The zero-order valence-electron chi connectivity index (χ0n) is 9.24. The van der Waals surface area contributed by atoms with Gasteiger partial charge in [0.15, 0.2) is 0 Å². The van der Waals surface area contributed by atoms with Crippen LogP contribution in [0.2, 0.25) is 0 Å². The van der Waals surface area contributed by atoms with Crippen LogP contribution in [0.15, 0.2) is 18.3 Å². The van der Waals surface area contributed by atoms with Gasteiger partial charge in [0.05, 0.1) is 11.3 Å². The summed E-state index contributed by atoms with van der Waals surface area (Å²) >= 11 is 0. The van der Waals surface area contributed by atoms with Crippen molar-refractivity contribution in [3.8, 4) is 0 Å². The van der Waals surface area contributed by atoms with Crippen LogP contribution in [0.5, 0.6) is 0 Å². The van der Waals surface area contributed by atoms with E-state index in [1.807, 2.05) is 0 Å². The number of nitrogens with zero attached hydrogens (tertiary/aromatic N) is 1. The second kappa shape index (κ2) is 3.94. The van der Waals surface area contributed by atoms with Crippen molar-refractivity contribution in [2.45, 2.75) is 30.5 Å². The average molecular weight is 260 g/mol. The minimum Gasteiger partial charge on any atom is -0.480 e. The second-order valence-corrected chi connectivity index (χ2v) is 4.37. The number of halogens is 3. The van der Waals surface area contributed by atoms with Gasteiger partial charge in [0.1, 0.15) is 6.04 Å². The molecule has 98 valence electrons. The molecular formula is C11H11F3N2O2. The van der Waals surface area contributed by atoms with E-state index in [2.05, 4.69) is 4.98 Å². The molecule has 4 nitrogen and oxygen atoms in total. The van der Waals surface area contributed by atoms with Crippen molar-refractivity contribution < 1.29 is 23.1 Å². The second-order valence-electron chi connectivity index (χ2n) is 4.37. The summed E-state index contributed by atoms with van der Waals surface area (Å²) in [6, 6.07) is 0.708. The van der Waals surface area contributed by atoms with Gasteiger partial charge in [-0.15, -0.1) is 0 Å². The predicted molar refractivity (Wildman–Crippen MR) is 55.8 cm³/mol. The molecule has 1 saturated carbocycles. The smallest absolute Gasteiger partial charge is 0.418 e. The highest BCUT2D eigenvalue weighted by atomic mass is 19.4. The maximum absolute atomic E-state index is 12.8. The van der Waals surface area contributed by atoms with Gasteiger partial charge in [-0.3, -0.25) is 9.78 Å². The molecule has 0 aromatic carbocycles. The summed E-state index contributed by atoms with van der Waals surface area (Å²) < 4.78 is 38.5. The van der Waals surface area contributed by atoms with Crippen molar-refractivity contribution in [2.75, 3.05) is 0 Å². The molecular weight excluding hydrogens is 249 g/mol. The van der Waals surface area contributed by atoms with E-state index in [9.17, 15) is 18.0 Å². The molecule has 1 fully saturated rings. The molecule has 3 N–H and O–H groups in total. The van der Waals surface area contributed by atoms with Crippen molar-refractivity contribution >= 4 is 5.97 Å². The van der Waals surface area contributed by atoms with E-state index in [0.29, 0.717) is 12.8 Å². The third kappa shape index (κ3) is 1.94. The molecule has 1 aromatic rings. The maximum atomic E-state index is 12.8. The summed E-state index contributed by atoms with van der Waals surface area (Å²) in [5, 5.41) is 8.88. The SMILES string of the molecule is NC(C(=O)O)C1(c2ncccc2C(F)(F)F)CC1. The molecule has 1 unspecified atom stereocenters. The maximum Gasteiger partial charge on any atom is 0.418 e. The highest BCUT2D eigenvalue weighted by Crippen LogP contribution is 2.52. The number of aromatic nitrogens is 1. The predicted octanol–water partition coefficient (Wildman–Crippen LogP) is 1.54. The lowest BCUT2D eigenvalue weighted by molar-refractivity contribution is -0.142. The Bertz CT molecular complexity index is 483. The first-order chi connectivity index (χ1) is 8.29. The van der Waals surface area contributed by atoms with E-state index in [4.69, 9.17) is 10.8 Å². The summed E-state index contributed by atoms with van der Waals surface area (Å²) in [5.74, 6) is -1.31. The number of hydrogen-bond donors (Lipinski definition) is 2. The number of hydrogen-bond acceptors (Lipinski definition) is 3. The van der Waals surface area contributed by atoms with Crippen molar-refractivity contribution in [2.24, 2.45) is 5.73 Å². The first-order valence-corrected chi connectivity index (χ1v) is 5.30. The quantitative estimate of drug-likeness (QED) is 0.864. The number of nitrogens with two attached hydrogens (primary N) is 1. The average Bonchev–Trinajstić information content (AvgIpc) is 3.08. The fourth-order valence-corrected chi connectivity index (χ4v) is 2.10. The summed E-state index contributed by atoms with van der Waals surface area (Å²) in [6.07, 6.45) is -2.72. The van der Waals surface area contributed by atoms with Gasteiger partial charge in [-0.05, 0) is 25.0 Å². The van der Waals surface area contributed by atoms with Gasteiger partial charge in [0.25, 0.3) is 0 Å². The van der Waals surface area contributed by atoms with Gasteiger partial charge in [-0.25, -0.2) is 0 Å². The van der Waals surface area contributed by atoms with E-state index < -0.39 is 29.2 Å². The summed E-state index contributed by atoms with van der Waals surface area (Å²) in [4.78, 5) is 14.6. The number of carbonyl (C=O) groups is 1. The highest BCUT2D eigenvalue weighted by molar-refractivity contribution is 5.77. The lowest BCUT2D eigenvalue weighted by Crippen LogP contribution is -2.43. The number of pyridine rings is 1. The highest BCUT2D eigenvalue weighted by Gasteiger charge is 2.56. The van der Waals surface area contributed by atoms with E-state index in [-0.39, 0.29) is 5.69 Å². The summed E-state index contributed by atoms with van der Waals surface area (Å²) in [5.41, 5.74) is 3.15. The molecule has 0 amide bonds. The van der Waals surface area contributed by atoms with Gasteiger partial charge in [-0.2, -0.15) is 13.2 Å². The van der Waals surface area contributed by atoms with Gasteiger partial charge in [0.2, 0.25) is 0 Å². The number of carboxylic acids is 1. The van der Waals surface area contributed by atoms with Crippen molar-refractivity contribution in [1.29, 1.82) is 0 Å². The molecule has 0 bridgehead atoms. The summed E-state index contributed by atoms with van der Waals surface area (Å²) in [7, 11) is 0. The Morgan fingerprint density at radius 3 is 2.56 bits per heavy atom. The fraction of sp³-hybridized carbons (Fsp3) is 0.455. The number of aliphatic carboxylic acids is 1. The van der Waals surface area contributed by atoms with Crippen LogP contribution in [0, 0.1) is 0 Å². The Morgan fingerprint density at radius 2 is 2.11 bits per heavy atom. The van der Waals surface area contributed by atoms with Crippen molar-refractivity contribution in [3.63, 3.8) is 0 Å². The van der Waals surface area contributed by atoms with E-state index in [1.165, 1.54) is 12.3 Å². The Kier molecular flexibility index (Phi) is 2.81. The van der Waals surface area contributed by atoms with Crippen LogP contribution in [0.4, 0.5) is 13.2 Å². The van der Waals surface area contributed by atoms with Crippen LogP contribution in [0.25, 0.3) is 0 Å². The molecule has 7 heteroatoms. The van der Waals surface area contributed by atoms with Crippen molar-refractivity contribution in [3.05, 3.63) is 29.6 Å². The minimum atomic E-state index is -4.56. The number of carboxylic acid groups (broad SMARTS) is 1. The van der Waals surface area contributed by atoms with E-state index in [0.717, 1.165) is 6.07 Å². The Hall–Kier alpha value is -1.63. The number of rotatable bonds is 3. The summed E-state index contributed by atoms with van der Waals surface area (Å²) in [6.45, 7) is 0. The molecule has 1 aliphatic carbocycles. The van der Waals surface area contributed by atoms with Gasteiger partial charge in [0, 0.05) is 11.6 Å². The minimum absolute atomic E-state index is 0.257. The monoisotopic (exact) mass is 260 g/mol. The zero-order valence-corrected chi connectivity index (χ0v) is 9.24. The zero-order chi connectivity index (χ0) is 13.6. The first-order valence-electron chi connectivity index (χ1n) is 5.30. The third-order valence-corrected chi connectivity index (χ3v) is 3.23. The topological polar surface area (TPSA) is 76.2 Å². The lowest BCUT2D eigenvalue weighted by atomic mass is 9.89. The van der Waals surface area contributed by atoms with Crippen LogP contribution >= 0.6 is 0 Å². The Labute approximate surface area is 101 Å². The standard InChI is InChI=1S/C11H11F3N2O2/c12-11(13,14)6-2-1-5-16-8(6)10(3-4-10)7(15)9(17)18/h1-2,5,7H,3-4,15H2,(H,17,18). The van der Waals surface area contributed by atoms with Crippen LogP contribution in [0.3, 0.4) is 0 Å². The normalized spacial score (nSPS) is 19.3. The van der Waals surface area contributed by atoms with Crippen LogP contribution < -0.4 is 5.73 Å². The first kappa shape index (κ1) is 12.8. The molecule has 0 radical (unpaired) electrons. The van der Waals surface area contributed by atoms with Gasteiger partial charge < -0.3 is 10.8 Å². The molecule has 1 atom stereocenters. The fourth-order valence-electron chi connectivity index (χ4n) is 2.10. The molecule has 2 rings (SSSR count). The number of alkyl halides is 3. The van der Waals surface area contributed by atoms with Gasteiger partial charge >= 0.3 is 12.1 Å². The molecule has 0 aliphatic heterocycles. The largest absolute Gasteiger partial charge is 0.480 e. The molecule has 1 aliphatic rings. The van der Waals surface area contributed by atoms with Crippen LogP contribution in [-0.2, 0) is 16.4 Å². The third-order valence-electron chi connectivity index (χ3n) is 3.23. The van der Waals surface area contributed by atoms with Gasteiger partial charge in [-0.1, -0.05) is 0 Å².